The Labute approximate surface area is 127 Å². The summed E-state index contributed by atoms with van der Waals surface area (Å²) in [6.07, 6.45) is 6.38. The zero-order valence-electron chi connectivity index (χ0n) is 12.5. The minimum absolute atomic E-state index is 0.0351. The first-order chi connectivity index (χ1) is 10.1. The fraction of sp³-hybridized carbons (Fsp3) is 0.625. The lowest BCUT2D eigenvalue weighted by molar-refractivity contribution is 0.00858. The third-order valence-corrected chi connectivity index (χ3v) is 6.33. The Morgan fingerprint density at radius 2 is 2.00 bits per heavy atom. The smallest absolute Gasteiger partial charge is 0.242 e. The average molecular weight is 309 g/mol. The number of likely N-dealkylation sites (N-methyl/N-ethyl adjacent to an activating group) is 1. The van der Waals surface area contributed by atoms with E-state index < -0.39 is 10.0 Å². The van der Waals surface area contributed by atoms with Gasteiger partial charge >= 0.3 is 0 Å². The fourth-order valence-corrected chi connectivity index (χ4v) is 4.48. The summed E-state index contributed by atoms with van der Waals surface area (Å²) in [7, 11) is -1.75. The van der Waals surface area contributed by atoms with Crippen molar-refractivity contribution in [3.63, 3.8) is 0 Å². The number of benzene rings is 1. The van der Waals surface area contributed by atoms with Gasteiger partial charge in [0, 0.05) is 20.2 Å². The van der Waals surface area contributed by atoms with Gasteiger partial charge in [0.25, 0.3) is 0 Å². The molecule has 1 aromatic rings. The van der Waals surface area contributed by atoms with Gasteiger partial charge in [0.1, 0.15) is 0 Å². The highest BCUT2D eigenvalue weighted by atomic mass is 32.2. The molecule has 116 valence electrons. The van der Waals surface area contributed by atoms with Gasteiger partial charge in [-0.15, -0.1) is 0 Å². The minimum atomic E-state index is -3.41. The average Bonchev–Trinajstić information content (AvgIpc) is 2.95. The van der Waals surface area contributed by atoms with Crippen LogP contribution < -0.4 is 0 Å². The van der Waals surface area contributed by atoms with E-state index in [0.29, 0.717) is 11.4 Å². The largest absolute Gasteiger partial charge is 0.377 e. The third-order valence-electron chi connectivity index (χ3n) is 4.51. The van der Waals surface area contributed by atoms with Crippen molar-refractivity contribution < 1.29 is 13.2 Å². The molecule has 0 saturated carbocycles. The first-order valence-electron chi connectivity index (χ1n) is 7.77. The summed E-state index contributed by atoms with van der Waals surface area (Å²) in [5, 5.41) is 0. The lowest BCUT2D eigenvalue weighted by Crippen LogP contribution is -2.37. The van der Waals surface area contributed by atoms with E-state index >= 15 is 0 Å². The van der Waals surface area contributed by atoms with Crippen LogP contribution in [0.25, 0.3) is 0 Å². The molecule has 1 unspecified atom stereocenters. The summed E-state index contributed by atoms with van der Waals surface area (Å²) in [4.78, 5) is 0.418. The van der Waals surface area contributed by atoms with E-state index in [-0.39, 0.29) is 6.10 Å². The van der Waals surface area contributed by atoms with Crippen LogP contribution >= 0.6 is 0 Å². The molecule has 1 saturated heterocycles. The lowest BCUT2D eigenvalue weighted by Gasteiger charge is -2.27. The van der Waals surface area contributed by atoms with Crippen molar-refractivity contribution in [2.45, 2.75) is 49.5 Å². The van der Waals surface area contributed by atoms with Crippen LogP contribution in [0.15, 0.2) is 23.1 Å². The highest BCUT2D eigenvalue weighted by molar-refractivity contribution is 7.89. The molecule has 4 nitrogen and oxygen atoms in total. The molecule has 1 heterocycles. The monoisotopic (exact) mass is 309 g/mol. The van der Waals surface area contributed by atoms with Crippen molar-refractivity contribution in [1.82, 2.24) is 4.31 Å². The number of aryl methyl sites for hydroxylation is 2. The normalized spacial score (nSPS) is 22.5. The van der Waals surface area contributed by atoms with Crippen molar-refractivity contribution in [2.75, 3.05) is 20.2 Å². The van der Waals surface area contributed by atoms with Gasteiger partial charge in [-0.1, -0.05) is 6.07 Å². The van der Waals surface area contributed by atoms with E-state index in [4.69, 9.17) is 4.74 Å². The van der Waals surface area contributed by atoms with Gasteiger partial charge in [-0.3, -0.25) is 0 Å². The molecule has 21 heavy (non-hydrogen) atoms. The highest BCUT2D eigenvalue weighted by Crippen LogP contribution is 2.26. The van der Waals surface area contributed by atoms with Gasteiger partial charge < -0.3 is 4.74 Å². The van der Waals surface area contributed by atoms with Crippen LogP contribution in [0, 0.1) is 0 Å². The first-order valence-corrected chi connectivity index (χ1v) is 9.21. The van der Waals surface area contributed by atoms with Crippen LogP contribution in [0.3, 0.4) is 0 Å². The van der Waals surface area contributed by atoms with Crippen LogP contribution in [0.4, 0.5) is 0 Å². The molecular formula is C16H23NO3S. The molecule has 5 heteroatoms. The number of nitrogens with zero attached hydrogens (tertiary/aromatic N) is 1. The fourth-order valence-electron chi connectivity index (χ4n) is 3.22. The molecule has 2 aliphatic rings. The maximum atomic E-state index is 12.7. The Hall–Kier alpha value is -0.910. The molecule has 1 aromatic carbocycles. The van der Waals surface area contributed by atoms with Crippen molar-refractivity contribution in [1.29, 1.82) is 0 Å². The van der Waals surface area contributed by atoms with Crippen molar-refractivity contribution in [2.24, 2.45) is 0 Å². The predicted molar refractivity (Wildman–Crippen MR) is 81.9 cm³/mol. The van der Waals surface area contributed by atoms with Crippen molar-refractivity contribution in [3.8, 4) is 0 Å². The summed E-state index contributed by atoms with van der Waals surface area (Å²) in [6, 6.07) is 5.58. The van der Waals surface area contributed by atoms with Crippen LogP contribution in [-0.2, 0) is 27.6 Å². The zero-order chi connectivity index (χ0) is 14.9. The topological polar surface area (TPSA) is 46.6 Å². The van der Waals surface area contributed by atoms with E-state index in [1.807, 2.05) is 12.1 Å². The van der Waals surface area contributed by atoms with Gasteiger partial charge in [0.15, 0.2) is 0 Å². The Kier molecular flexibility index (Phi) is 4.33. The van der Waals surface area contributed by atoms with Gasteiger partial charge in [-0.25, -0.2) is 8.42 Å². The molecule has 0 bridgehead atoms. The SMILES string of the molecule is CN(CC1CCCCO1)S(=O)(=O)c1ccc2c(c1)CCC2. The van der Waals surface area contributed by atoms with Crippen LogP contribution in [-0.4, -0.2) is 39.0 Å². The third kappa shape index (κ3) is 3.15. The van der Waals surface area contributed by atoms with Crippen LogP contribution in [0.2, 0.25) is 0 Å². The Bertz CT molecular complexity index is 606. The van der Waals surface area contributed by atoms with Crippen LogP contribution in [0.5, 0.6) is 0 Å². The Balaban J connectivity index is 1.75. The highest BCUT2D eigenvalue weighted by Gasteiger charge is 2.26. The molecule has 1 aliphatic heterocycles. The van der Waals surface area contributed by atoms with Crippen molar-refractivity contribution in [3.05, 3.63) is 29.3 Å². The number of sulfonamides is 1. The number of hydrogen-bond acceptors (Lipinski definition) is 3. The summed E-state index contributed by atoms with van der Waals surface area (Å²) in [6.45, 7) is 1.19. The van der Waals surface area contributed by atoms with E-state index in [9.17, 15) is 8.42 Å². The number of hydrogen-bond donors (Lipinski definition) is 0. The summed E-state index contributed by atoms with van der Waals surface area (Å²) >= 11 is 0. The molecule has 3 rings (SSSR count). The number of rotatable bonds is 4. The second-order valence-corrected chi connectivity index (χ2v) is 8.10. The number of ether oxygens (including phenoxy) is 1. The lowest BCUT2D eigenvalue weighted by atomic mass is 10.1. The number of fused-ring (bicyclic) bond motifs is 1. The van der Waals surface area contributed by atoms with E-state index in [0.717, 1.165) is 45.1 Å². The molecule has 1 fully saturated rings. The quantitative estimate of drug-likeness (QED) is 0.858. The first kappa shape index (κ1) is 15.0. The summed E-state index contributed by atoms with van der Waals surface area (Å²) in [5.41, 5.74) is 2.49. The van der Waals surface area contributed by atoms with Gasteiger partial charge in [-0.2, -0.15) is 4.31 Å². The van der Waals surface area contributed by atoms with Gasteiger partial charge in [0.2, 0.25) is 10.0 Å². The van der Waals surface area contributed by atoms with E-state index in [1.54, 1.807) is 13.1 Å². The standard InChI is InChI=1S/C16H23NO3S/c1-17(12-15-7-2-3-10-20-15)21(18,19)16-9-8-13-5-4-6-14(13)11-16/h8-9,11,15H,2-7,10,12H2,1H3. The van der Waals surface area contributed by atoms with Crippen molar-refractivity contribution >= 4 is 10.0 Å². The minimum Gasteiger partial charge on any atom is -0.377 e. The second kappa shape index (κ2) is 6.07. The summed E-state index contributed by atoms with van der Waals surface area (Å²) in [5.74, 6) is 0. The maximum absolute atomic E-state index is 12.7. The summed E-state index contributed by atoms with van der Waals surface area (Å²) < 4.78 is 32.4. The van der Waals surface area contributed by atoms with E-state index in [1.165, 1.54) is 15.4 Å². The Morgan fingerprint density at radius 3 is 2.76 bits per heavy atom. The second-order valence-electron chi connectivity index (χ2n) is 6.06. The van der Waals surface area contributed by atoms with Gasteiger partial charge in [0.05, 0.1) is 11.0 Å². The van der Waals surface area contributed by atoms with Crippen LogP contribution in [0.1, 0.15) is 36.8 Å². The Morgan fingerprint density at radius 1 is 1.19 bits per heavy atom. The molecule has 0 amide bonds. The molecule has 1 atom stereocenters. The molecular weight excluding hydrogens is 286 g/mol. The molecule has 0 radical (unpaired) electrons. The zero-order valence-corrected chi connectivity index (χ0v) is 13.4. The predicted octanol–water partition coefficient (Wildman–Crippen LogP) is 2.36. The molecule has 0 N–H and O–H groups in total. The van der Waals surface area contributed by atoms with Gasteiger partial charge in [-0.05, 0) is 61.8 Å². The molecule has 0 aromatic heterocycles. The molecule has 0 spiro atoms. The molecule has 1 aliphatic carbocycles. The van der Waals surface area contributed by atoms with E-state index in [2.05, 4.69) is 0 Å². The maximum Gasteiger partial charge on any atom is 0.242 e.